The standard InChI is InChI=1S/C22H37NO3/c1-3-4-5-6-7-8-9-19(20(24)26-2)23-21(25)22-13-16-10-17(14-22)12-18(11-16)15-22/h16-19H,3-15H2,1-2H3,(H,23,25)/t16?,17?,18?,19-,22?/m1/s1. The summed E-state index contributed by atoms with van der Waals surface area (Å²) in [5, 5.41) is 3.11. The molecule has 26 heavy (non-hydrogen) atoms. The van der Waals surface area contributed by atoms with Gasteiger partial charge in [0.2, 0.25) is 5.91 Å². The molecule has 4 rings (SSSR count). The summed E-state index contributed by atoms with van der Waals surface area (Å²) < 4.78 is 4.97. The van der Waals surface area contributed by atoms with Crippen LogP contribution in [0.25, 0.3) is 0 Å². The molecule has 1 atom stereocenters. The van der Waals surface area contributed by atoms with Crippen molar-refractivity contribution >= 4 is 11.9 Å². The summed E-state index contributed by atoms with van der Waals surface area (Å²) in [6.45, 7) is 2.22. The van der Waals surface area contributed by atoms with Gasteiger partial charge in [0, 0.05) is 5.41 Å². The lowest BCUT2D eigenvalue weighted by Crippen LogP contribution is -2.56. The van der Waals surface area contributed by atoms with E-state index in [1.54, 1.807) is 0 Å². The third kappa shape index (κ3) is 4.43. The first kappa shape index (κ1) is 19.7. The highest BCUT2D eigenvalue weighted by Gasteiger charge is 2.54. The number of hydrogen-bond acceptors (Lipinski definition) is 3. The maximum atomic E-state index is 13.2. The van der Waals surface area contributed by atoms with E-state index in [9.17, 15) is 9.59 Å². The maximum absolute atomic E-state index is 13.2. The van der Waals surface area contributed by atoms with E-state index in [1.807, 2.05) is 0 Å². The number of hydrogen-bond donors (Lipinski definition) is 1. The van der Waals surface area contributed by atoms with Crippen LogP contribution in [0.1, 0.15) is 90.4 Å². The van der Waals surface area contributed by atoms with Crippen LogP contribution in [0.15, 0.2) is 0 Å². The van der Waals surface area contributed by atoms with Crippen LogP contribution in [0.3, 0.4) is 0 Å². The number of ether oxygens (including phenoxy) is 1. The van der Waals surface area contributed by atoms with Gasteiger partial charge in [0.15, 0.2) is 0 Å². The molecule has 0 spiro atoms. The van der Waals surface area contributed by atoms with Gasteiger partial charge < -0.3 is 10.1 Å². The number of unbranched alkanes of at least 4 members (excludes halogenated alkanes) is 5. The van der Waals surface area contributed by atoms with Crippen LogP contribution in [0, 0.1) is 23.2 Å². The van der Waals surface area contributed by atoms with Gasteiger partial charge in [-0.15, -0.1) is 0 Å². The predicted molar refractivity (Wildman–Crippen MR) is 103 cm³/mol. The number of amides is 1. The van der Waals surface area contributed by atoms with Gasteiger partial charge in [-0.05, 0) is 62.7 Å². The lowest BCUT2D eigenvalue weighted by Gasteiger charge is -2.55. The number of methoxy groups -OCH3 is 1. The number of carbonyl (C=O) groups excluding carboxylic acids is 2. The van der Waals surface area contributed by atoms with E-state index >= 15 is 0 Å². The van der Waals surface area contributed by atoms with Crippen molar-refractivity contribution in [2.75, 3.05) is 7.11 Å². The van der Waals surface area contributed by atoms with Crippen molar-refractivity contribution < 1.29 is 14.3 Å². The first-order chi connectivity index (χ1) is 12.6. The molecule has 0 heterocycles. The first-order valence-electron chi connectivity index (χ1n) is 10.9. The zero-order valence-electron chi connectivity index (χ0n) is 16.7. The second kappa shape index (κ2) is 8.75. The molecule has 0 saturated heterocycles. The molecule has 4 saturated carbocycles. The molecular formula is C22H37NO3. The molecule has 4 heteroatoms. The van der Waals surface area contributed by atoms with Crippen molar-refractivity contribution in [1.82, 2.24) is 5.32 Å². The Balaban J connectivity index is 1.53. The number of rotatable bonds is 10. The molecule has 4 aliphatic rings. The van der Waals surface area contributed by atoms with E-state index in [1.165, 1.54) is 52.1 Å². The highest BCUT2D eigenvalue weighted by molar-refractivity contribution is 5.88. The predicted octanol–water partition coefficient (Wildman–Crippen LogP) is 4.61. The summed E-state index contributed by atoms with van der Waals surface area (Å²) in [5.74, 6) is 2.07. The molecule has 0 aromatic carbocycles. The number of esters is 1. The molecule has 0 aromatic rings. The Kier molecular flexibility index (Phi) is 6.63. The molecule has 4 fully saturated rings. The van der Waals surface area contributed by atoms with Crippen LogP contribution >= 0.6 is 0 Å². The average Bonchev–Trinajstić information content (AvgIpc) is 2.61. The van der Waals surface area contributed by atoms with Gasteiger partial charge in [-0.2, -0.15) is 0 Å². The van der Waals surface area contributed by atoms with E-state index in [4.69, 9.17) is 4.74 Å². The Bertz CT molecular complexity index is 466. The first-order valence-corrected chi connectivity index (χ1v) is 10.9. The molecular weight excluding hydrogens is 326 g/mol. The van der Waals surface area contributed by atoms with Crippen molar-refractivity contribution in [3.8, 4) is 0 Å². The molecule has 4 nitrogen and oxygen atoms in total. The molecule has 148 valence electrons. The summed E-state index contributed by atoms with van der Waals surface area (Å²) in [4.78, 5) is 25.4. The minimum atomic E-state index is -0.466. The molecule has 0 radical (unpaired) electrons. The van der Waals surface area contributed by atoms with E-state index in [2.05, 4.69) is 12.2 Å². The smallest absolute Gasteiger partial charge is 0.328 e. The van der Waals surface area contributed by atoms with Gasteiger partial charge in [-0.3, -0.25) is 4.79 Å². The molecule has 4 aliphatic carbocycles. The Labute approximate surface area is 158 Å². The van der Waals surface area contributed by atoms with Crippen LogP contribution in [0.4, 0.5) is 0 Å². The Hall–Kier alpha value is -1.06. The zero-order valence-corrected chi connectivity index (χ0v) is 16.7. The molecule has 0 aliphatic heterocycles. The summed E-state index contributed by atoms with van der Waals surface area (Å²) >= 11 is 0. The summed E-state index contributed by atoms with van der Waals surface area (Å²) in [7, 11) is 1.42. The van der Waals surface area contributed by atoms with Crippen molar-refractivity contribution in [2.45, 2.75) is 96.4 Å². The van der Waals surface area contributed by atoms with Gasteiger partial charge in [0.05, 0.1) is 7.11 Å². The third-order valence-electron chi connectivity index (χ3n) is 7.16. The molecule has 1 N–H and O–H groups in total. The molecule has 0 unspecified atom stereocenters. The summed E-state index contributed by atoms with van der Waals surface area (Å²) in [5.41, 5.74) is -0.192. The van der Waals surface area contributed by atoms with Gasteiger partial charge in [0.1, 0.15) is 6.04 Å². The van der Waals surface area contributed by atoms with E-state index in [0.29, 0.717) is 6.42 Å². The molecule has 0 aromatic heterocycles. The van der Waals surface area contributed by atoms with E-state index in [-0.39, 0.29) is 17.3 Å². The van der Waals surface area contributed by atoms with E-state index in [0.717, 1.165) is 49.9 Å². The van der Waals surface area contributed by atoms with Crippen molar-refractivity contribution in [3.63, 3.8) is 0 Å². The van der Waals surface area contributed by atoms with Crippen molar-refractivity contribution in [3.05, 3.63) is 0 Å². The Morgan fingerprint density at radius 3 is 2.04 bits per heavy atom. The highest BCUT2D eigenvalue weighted by atomic mass is 16.5. The van der Waals surface area contributed by atoms with Crippen LogP contribution < -0.4 is 5.32 Å². The second-order valence-electron chi connectivity index (χ2n) is 9.30. The Morgan fingerprint density at radius 2 is 1.50 bits per heavy atom. The van der Waals surface area contributed by atoms with Crippen LogP contribution in [0.5, 0.6) is 0 Å². The molecule has 1 amide bonds. The monoisotopic (exact) mass is 363 g/mol. The normalized spacial score (nSPS) is 33.1. The minimum Gasteiger partial charge on any atom is -0.467 e. The van der Waals surface area contributed by atoms with Crippen molar-refractivity contribution in [1.29, 1.82) is 0 Å². The summed E-state index contributed by atoms with van der Waals surface area (Å²) in [6, 6.07) is -0.466. The van der Waals surface area contributed by atoms with Gasteiger partial charge in [-0.1, -0.05) is 45.4 Å². The number of nitrogens with one attached hydrogen (secondary N) is 1. The fourth-order valence-corrected chi connectivity index (χ4v) is 6.22. The number of carbonyl (C=O) groups is 2. The highest BCUT2D eigenvalue weighted by Crippen LogP contribution is 2.60. The van der Waals surface area contributed by atoms with Gasteiger partial charge in [0.25, 0.3) is 0 Å². The second-order valence-corrected chi connectivity index (χ2v) is 9.30. The minimum absolute atomic E-state index is 0.137. The van der Waals surface area contributed by atoms with Crippen LogP contribution in [0.2, 0.25) is 0 Å². The van der Waals surface area contributed by atoms with Crippen LogP contribution in [-0.4, -0.2) is 25.0 Å². The van der Waals surface area contributed by atoms with Crippen LogP contribution in [-0.2, 0) is 14.3 Å². The lowest BCUT2D eigenvalue weighted by molar-refractivity contribution is -0.153. The fourth-order valence-electron chi connectivity index (χ4n) is 6.22. The van der Waals surface area contributed by atoms with Gasteiger partial charge >= 0.3 is 5.97 Å². The topological polar surface area (TPSA) is 55.4 Å². The fraction of sp³-hybridized carbons (Fsp3) is 0.909. The van der Waals surface area contributed by atoms with Gasteiger partial charge in [-0.25, -0.2) is 4.79 Å². The third-order valence-corrected chi connectivity index (χ3v) is 7.16. The summed E-state index contributed by atoms with van der Waals surface area (Å²) in [6.07, 6.45) is 14.9. The van der Waals surface area contributed by atoms with E-state index < -0.39 is 6.04 Å². The largest absolute Gasteiger partial charge is 0.467 e. The Morgan fingerprint density at radius 1 is 0.962 bits per heavy atom. The maximum Gasteiger partial charge on any atom is 0.328 e. The quantitative estimate of drug-likeness (QED) is 0.455. The SMILES string of the molecule is CCCCCCCC[C@@H](NC(=O)C12CC3CC(CC(C3)C1)C2)C(=O)OC. The van der Waals surface area contributed by atoms with Crippen molar-refractivity contribution in [2.24, 2.45) is 23.2 Å². The lowest BCUT2D eigenvalue weighted by atomic mass is 9.49. The average molecular weight is 364 g/mol. The molecule has 4 bridgehead atoms. The zero-order chi connectivity index (χ0) is 18.6.